The minimum absolute atomic E-state index is 0.168. The van der Waals surface area contributed by atoms with Crippen LogP contribution in [0, 0.1) is 0 Å². The van der Waals surface area contributed by atoms with E-state index >= 15 is 0 Å². The number of H-pyrrole nitrogens is 1. The molecule has 7 nitrogen and oxygen atoms in total. The lowest BCUT2D eigenvalue weighted by molar-refractivity contribution is -0.141. The summed E-state index contributed by atoms with van der Waals surface area (Å²) in [5.74, 6) is -1.27. The van der Waals surface area contributed by atoms with Crippen molar-refractivity contribution in [3.05, 3.63) is 18.2 Å². The molecule has 2 heterocycles. The first-order chi connectivity index (χ1) is 9.15. The van der Waals surface area contributed by atoms with Crippen molar-refractivity contribution in [2.45, 2.75) is 37.8 Å². The van der Waals surface area contributed by atoms with Gasteiger partial charge in [0.2, 0.25) is 5.91 Å². The molecule has 2 rings (SSSR count). The molecule has 1 aliphatic heterocycles. The minimum atomic E-state index is -1.04. The van der Waals surface area contributed by atoms with Gasteiger partial charge in [-0.1, -0.05) is 0 Å². The normalized spacial score (nSPS) is 20.1. The molecule has 0 aromatic carbocycles. The van der Waals surface area contributed by atoms with Crippen LogP contribution >= 0.6 is 0 Å². The summed E-state index contributed by atoms with van der Waals surface area (Å²) in [4.78, 5) is 29.6. The molecule has 0 saturated carbocycles. The molecule has 19 heavy (non-hydrogen) atoms. The largest absolute Gasteiger partial charge is 0.480 e. The molecule has 1 amide bonds. The first kappa shape index (κ1) is 13.5. The summed E-state index contributed by atoms with van der Waals surface area (Å²) in [6, 6.07) is -0.754. The highest BCUT2D eigenvalue weighted by molar-refractivity contribution is 5.84. The van der Waals surface area contributed by atoms with Crippen LogP contribution in [0.25, 0.3) is 0 Å². The highest BCUT2D eigenvalue weighted by atomic mass is 16.4. The van der Waals surface area contributed by atoms with Crippen LogP contribution in [0.4, 0.5) is 0 Å². The van der Waals surface area contributed by atoms with Gasteiger partial charge in [-0.3, -0.25) is 4.79 Å². The van der Waals surface area contributed by atoms with Gasteiger partial charge >= 0.3 is 5.97 Å². The Hall–Kier alpha value is -1.89. The number of carboxylic acids is 1. The number of rotatable bonds is 6. The topological polar surface area (TPSA) is 107 Å². The molecule has 1 aliphatic rings. The Morgan fingerprint density at radius 2 is 2.42 bits per heavy atom. The second-order valence-corrected chi connectivity index (χ2v) is 4.74. The lowest BCUT2D eigenvalue weighted by atomic mass is 10.1. The third-order valence-corrected chi connectivity index (χ3v) is 3.21. The molecule has 1 aromatic heterocycles. The fourth-order valence-electron chi connectivity index (χ4n) is 2.22. The van der Waals surface area contributed by atoms with Crippen molar-refractivity contribution in [1.29, 1.82) is 0 Å². The number of nitrogens with one attached hydrogen (secondary N) is 3. The molecule has 0 unspecified atom stereocenters. The minimum Gasteiger partial charge on any atom is -0.480 e. The molecule has 4 N–H and O–H groups in total. The zero-order chi connectivity index (χ0) is 13.7. The van der Waals surface area contributed by atoms with Gasteiger partial charge in [0, 0.05) is 30.8 Å². The van der Waals surface area contributed by atoms with Crippen LogP contribution in [-0.4, -0.2) is 45.6 Å². The van der Waals surface area contributed by atoms with Crippen molar-refractivity contribution >= 4 is 11.9 Å². The van der Waals surface area contributed by atoms with E-state index in [1.807, 2.05) is 0 Å². The van der Waals surface area contributed by atoms with Crippen molar-refractivity contribution in [3.63, 3.8) is 0 Å². The molecule has 1 fully saturated rings. The number of aromatic nitrogens is 2. The van der Waals surface area contributed by atoms with E-state index in [4.69, 9.17) is 5.11 Å². The van der Waals surface area contributed by atoms with Crippen LogP contribution < -0.4 is 10.6 Å². The zero-order valence-electron chi connectivity index (χ0n) is 10.6. The maximum absolute atomic E-state index is 11.8. The van der Waals surface area contributed by atoms with Crippen molar-refractivity contribution in [2.24, 2.45) is 0 Å². The fraction of sp³-hybridized carbons (Fsp3) is 0.583. The van der Waals surface area contributed by atoms with Gasteiger partial charge in [0.1, 0.15) is 6.04 Å². The molecule has 2 atom stereocenters. The van der Waals surface area contributed by atoms with E-state index in [-0.39, 0.29) is 18.4 Å². The molecule has 0 bridgehead atoms. The number of hydrogen-bond acceptors (Lipinski definition) is 4. The van der Waals surface area contributed by atoms with E-state index in [0.717, 1.165) is 19.4 Å². The van der Waals surface area contributed by atoms with Gasteiger partial charge in [-0.25, -0.2) is 9.78 Å². The van der Waals surface area contributed by atoms with E-state index in [0.29, 0.717) is 12.1 Å². The van der Waals surface area contributed by atoms with Crippen LogP contribution in [0.2, 0.25) is 0 Å². The summed E-state index contributed by atoms with van der Waals surface area (Å²) < 4.78 is 0. The number of carboxylic acid groups (broad SMARTS) is 1. The molecule has 7 heteroatoms. The molecule has 0 radical (unpaired) electrons. The maximum atomic E-state index is 11.8. The first-order valence-corrected chi connectivity index (χ1v) is 6.38. The van der Waals surface area contributed by atoms with Gasteiger partial charge in [-0.05, 0) is 19.4 Å². The van der Waals surface area contributed by atoms with Gasteiger partial charge in [0.15, 0.2) is 0 Å². The van der Waals surface area contributed by atoms with Gasteiger partial charge < -0.3 is 20.7 Å². The predicted octanol–water partition coefficient (Wildman–Crippen LogP) is -0.336. The molecule has 104 valence electrons. The number of nitrogens with zero attached hydrogens (tertiary/aromatic N) is 1. The van der Waals surface area contributed by atoms with E-state index < -0.39 is 12.0 Å². The van der Waals surface area contributed by atoms with Crippen molar-refractivity contribution < 1.29 is 14.7 Å². The third-order valence-electron chi connectivity index (χ3n) is 3.21. The number of aromatic amines is 1. The average Bonchev–Trinajstić information content (AvgIpc) is 3.00. The van der Waals surface area contributed by atoms with E-state index in [9.17, 15) is 9.59 Å². The summed E-state index contributed by atoms with van der Waals surface area (Å²) >= 11 is 0. The molecule has 0 spiro atoms. The highest BCUT2D eigenvalue weighted by Crippen LogP contribution is 2.09. The van der Waals surface area contributed by atoms with Crippen LogP contribution in [0.3, 0.4) is 0 Å². The second kappa shape index (κ2) is 6.33. The average molecular weight is 266 g/mol. The quantitative estimate of drug-likeness (QED) is 0.563. The van der Waals surface area contributed by atoms with Gasteiger partial charge in [-0.15, -0.1) is 0 Å². The zero-order valence-corrected chi connectivity index (χ0v) is 10.6. The van der Waals surface area contributed by atoms with Crippen LogP contribution in [-0.2, 0) is 16.0 Å². The highest BCUT2D eigenvalue weighted by Gasteiger charge is 2.23. The summed E-state index contributed by atoms with van der Waals surface area (Å²) in [7, 11) is 0. The Labute approximate surface area is 110 Å². The fourth-order valence-corrected chi connectivity index (χ4v) is 2.22. The lowest BCUT2D eigenvalue weighted by Crippen LogP contribution is -2.44. The summed E-state index contributed by atoms with van der Waals surface area (Å²) in [5, 5.41) is 14.9. The Kier molecular flexibility index (Phi) is 4.51. The number of hydrogen-bond donors (Lipinski definition) is 4. The van der Waals surface area contributed by atoms with Gasteiger partial charge in [-0.2, -0.15) is 0 Å². The van der Waals surface area contributed by atoms with Crippen molar-refractivity contribution in [2.75, 3.05) is 6.54 Å². The third kappa shape index (κ3) is 4.06. The Balaban J connectivity index is 1.85. The lowest BCUT2D eigenvalue weighted by Gasteiger charge is -2.15. The van der Waals surface area contributed by atoms with Gasteiger partial charge in [0.25, 0.3) is 0 Å². The molecule has 1 saturated heterocycles. The van der Waals surface area contributed by atoms with Crippen molar-refractivity contribution in [3.8, 4) is 0 Å². The molecule has 1 aromatic rings. The number of imidazole rings is 1. The first-order valence-electron chi connectivity index (χ1n) is 6.38. The van der Waals surface area contributed by atoms with Crippen LogP contribution in [0.1, 0.15) is 25.0 Å². The Morgan fingerprint density at radius 1 is 1.58 bits per heavy atom. The van der Waals surface area contributed by atoms with E-state index in [1.165, 1.54) is 6.33 Å². The molecular formula is C12H18N4O3. The standard InChI is InChI=1S/C12H18N4O3/c17-11(5-8-2-1-3-14-8)16-10(12(18)19)4-9-6-13-7-15-9/h6-8,10,14H,1-5H2,(H,13,15)(H,16,17)(H,18,19)/t8-,10-/m0/s1. The van der Waals surface area contributed by atoms with Gasteiger partial charge in [0.05, 0.1) is 6.33 Å². The number of aliphatic carboxylic acids is 1. The maximum Gasteiger partial charge on any atom is 0.326 e. The smallest absolute Gasteiger partial charge is 0.326 e. The SMILES string of the molecule is O=C(C[C@@H]1CCCN1)N[C@@H](Cc1cnc[nH]1)C(=O)O. The van der Waals surface area contributed by atoms with Crippen LogP contribution in [0.5, 0.6) is 0 Å². The second-order valence-electron chi connectivity index (χ2n) is 4.74. The summed E-state index contributed by atoms with van der Waals surface area (Å²) in [5.41, 5.74) is 0.687. The van der Waals surface area contributed by atoms with Crippen LogP contribution in [0.15, 0.2) is 12.5 Å². The summed E-state index contributed by atoms with van der Waals surface area (Å²) in [6.07, 6.45) is 5.60. The Morgan fingerprint density at radius 3 is 3.00 bits per heavy atom. The van der Waals surface area contributed by atoms with E-state index in [2.05, 4.69) is 20.6 Å². The number of carbonyl (C=O) groups is 2. The molecule has 0 aliphatic carbocycles. The monoisotopic (exact) mass is 266 g/mol. The molecular weight excluding hydrogens is 248 g/mol. The summed E-state index contributed by atoms with van der Waals surface area (Å²) in [6.45, 7) is 0.925. The predicted molar refractivity (Wildman–Crippen MR) is 67.5 cm³/mol. The number of amides is 1. The number of carbonyl (C=O) groups excluding carboxylic acids is 1. The van der Waals surface area contributed by atoms with Crippen molar-refractivity contribution in [1.82, 2.24) is 20.6 Å². The van der Waals surface area contributed by atoms with E-state index in [1.54, 1.807) is 6.20 Å². The Bertz CT molecular complexity index is 426.